The van der Waals surface area contributed by atoms with Gasteiger partial charge in [0.15, 0.2) is 0 Å². The van der Waals surface area contributed by atoms with Crippen LogP contribution in [-0.2, 0) is 12.8 Å². The van der Waals surface area contributed by atoms with E-state index in [1.54, 1.807) is 0 Å². The molecule has 356 valence electrons. The van der Waals surface area contributed by atoms with Crippen LogP contribution in [0.5, 0.6) is 0 Å². The van der Waals surface area contributed by atoms with Gasteiger partial charge < -0.3 is 16.4 Å². The molecule has 3 heteroatoms. The second-order valence-corrected chi connectivity index (χ2v) is 18.7. The van der Waals surface area contributed by atoms with Crippen LogP contribution in [-0.4, -0.2) is 12.1 Å². The lowest BCUT2D eigenvalue weighted by Crippen LogP contribution is -2.44. The highest BCUT2D eigenvalue weighted by Gasteiger charge is 2.30. The van der Waals surface area contributed by atoms with Crippen LogP contribution in [0, 0.1) is 47.3 Å². The number of nitrogens with two attached hydrogens (primary N) is 1. The van der Waals surface area contributed by atoms with Gasteiger partial charge in [0.1, 0.15) is 0 Å². The van der Waals surface area contributed by atoms with Crippen molar-refractivity contribution in [1.29, 1.82) is 0 Å². The normalized spacial score (nSPS) is 14.8. The van der Waals surface area contributed by atoms with E-state index in [-0.39, 0.29) is 6.04 Å². The molecule has 0 spiro atoms. The minimum absolute atomic E-state index is 0.284. The third kappa shape index (κ3) is 32.4. The van der Waals surface area contributed by atoms with Crippen LogP contribution in [0.15, 0.2) is 97.5 Å². The minimum Gasteiger partial charge on any atom is -0.399 e. The molecule has 1 aromatic rings. The summed E-state index contributed by atoms with van der Waals surface area (Å²) in [6.07, 6.45) is 13.2. The lowest BCUT2D eigenvalue weighted by molar-refractivity contribution is 0.261. The van der Waals surface area contributed by atoms with E-state index in [2.05, 4.69) is 171 Å². The van der Waals surface area contributed by atoms with Crippen LogP contribution < -0.4 is 16.4 Å². The molecule has 0 aromatic heterocycles. The van der Waals surface area contributed by atoms with Crippen molar-refractivity contribution in [2.24, 2.45) is 53.1 Å². The van der Waals surface area contributed by atoms with Crippen LogP contribution in [0.25, 0.3) is 0 Å². The smallest absolute Gasteiger partial charge is 0.0919 e. The standard InChI is InChI=1S/C22H34N2.C13H26.C10H17N.C5H10.C4H10.2C2H6/c1-7-16(5)22(24-17(6)23-21(8-2)15(3)4)20-13-18-11-9-10-12-19(18)14-20;1-7-11(5)9-13(10(3)4)12(6)8-2;1-7(6-10-4-5-10)8(2)9(3)11;1-4-5(2)3;1-4(2)3;2*1-2/h9-12,15,20-24H,5-8,13-14H2,1-4H3;10,12-13H,5,7-9H2,1-4,6H3;7,10H,2-6,11H2,1H3;2,4H2,1,3H3;4H,1-3H3;2*1-2H3/t;12?,13-;;;;;/m.0...../s1. The van der Waals surface area contributed by atoms with Gasteiger partial charge in [-0.15, -0.1) is 6.58 Å². The first-order chi connectivity index (χ1) is 28.6. The molecule has 1 aromatic carbocycles. The van der Waals surface area contributed by atoms with E-state index in [1.165, 1.54) is 60.0 Å². The van der Waals surface area contributed by atoms with Crippen molar-refractivity contribution in [3.8, 4) is 0 Å². The van der Waals surface area contributed by atoms with Gasteiger partial charge in [0.05, 0.1) is 11.9 Å². The monoisotopic (exact) mass is 848 g/mol. The Labute approximate surface area is 385 Å². The topological polar surface area (TPSA) is 50.1 Å². The van der Waals surface area contributed by atoms with Crippen molar-refractivity contribution in [2.45, 2.75) is 214 Å². The lowest BCUT2D eigenvalue weighted by Gasteiger charge is -2.31. The molecule has 1 saturated carbocycles. The van der Waals surface area contributed by atoms with E-state index >= 15 is 0 Å². The Kier molecular flexibility index (Phi) is 41.0. The molecule has 3 nitrogen and oxygen atoms in total. The lowest BCUT2D eigenvalue weighted by atomic mass is 9.79. The van der Waals surface area contributed by atoms with Gasteiger partial charge in [-0.1, -0.05) is 218 Å². The first-order valence-electron chi connectivity index (χ1n) is 25.0. The molecule has 61 heavy (non-hydrogen) atoms. The molecular formula is C58H109N3. The predicted octanol–water partition coefficient (Wildman–Crippen LogP) is 17.6. The van der Waals surface area contributed by atoms with Gasteiger partial charge in [-0.3, -0.25) is 0 Å². The van der Waals surface area contributed by atoms with Crippen molar-refractivity contribution in [3.63, 3.8) is 0 Å². The van der Waals surface area contributed by atoms with E-state index < -0.39 is 0 Å². The Bertz CT molecular complexity index is 1280. The van der Waals surface area contributed by atoms with Gasteiger partial charge in [0.2, 0.25) is 0 Å². The van der Waals surface area contributed by atoms with Crippen LogP contribution in [0.2, 0.25) is 0 Å². The van der Waals surface area contributed by atoms with Crippen molar-refractivity contribution < 1.29 is 0 Å². The molecule has 0 aliphatic heterocycles. The molecule has 2 aliphatic rings. The zero-order valence-electron chi connectivity index (χ0n) is 44.7. The minimum atomic E-state index is 0.284. The third-order valence-electron chi connectivity index (χ3n) is 11.6. The summed E-state index contributed by atoms with van der Waals surface area (Å²) < 4.78 is 0. The zero-order chi connectivity index (χ0) is 48.4. The number of hydrogen-bond donors (Lipinski definition) is 3. The van der Waals surface area contributed by atoms with Gasteiger partial charge in [-0.05, 0) is 122 Å². The van der Waals surface area contributed by atoms with Crippen molar-refractivity contribution >= 4 is 0 Å². The predicted molar refractivity (Wildman–Crippen MR) is 284 cm³/mol. The molecule has 4 N–H and O–H groups in total. The summed E-state index contributed by atoms with van der Waals surface area (Å²) in [5, 5.41) is 7.23. The highest BCUT2D eigenvalue weighted by Crippen LogP contribution is 2.37. The van der Waals surface area contributed by atoms with Crippen molar-refractivity contribution in [3.05, 3.63) is 109 Å². The number of benzene rings is 1. The maximum atomic E-state index is 5.54. The van der Waals surface area contributed by atoms with Gasteiger partial charge >= 0.3 is 0 Å². The summed E-state index contributed by atoms with van der Waals surface area (Å²) in [6.45, 7) is 65.2. The number of nitrogens with one attached hydrogen (secondary N) is 2. The summed E-state index contributed by atoms with van der Waals surface area (Å²) in [4.78, 5) is 0. The first kappa shape index (κ1) is 64.7. The fourth-order valence-corrected chi connectivity index (χ4v) is 6.98. The maximum absolute atomic E-state index is 5.54. The van der Waals surface area contributed by atoms with E-state index in [0.717, 1.165) is 79.5 Å². The largest absolute Gasteiger partial charge is 0.399 e. The average Bonchev–Trinajstić information content (AvgIpc) is 3.95. The Morgan fingerprint density at radius 2 is 1.15 bits per heavy atom. The summed E-state index contributed by atoms with van der Waals surface area (Å²) in [5.74, 6) is 6.86. The molecule has 0 amide bonds. The number of rotatable bonds is 20. The van der Waals surface area contributed by atoms with E-state index in [1.807, 2.05) is 34.6 Å². The number of fused-ring (bicyclic) bond motifs is 1. The van der Waals surface area contributed by atoms with Gasteiger partial charge in [-0.25, -0.2) is 0 Å². The van der Waals surface area contributed by atoms with Crippen molar-refractivity contribution in [1.82, 2.24) is 10.6 Å². The van der Waals surface area contributed by atoms with Crippen LogP contribution in [0.1, 0.15) is 200 Å². The molecule has 0 bridgehead atoms. The Hall–Kier alpha value is -2.94. The molecule has 5 atom stereocenters. The fourth-order valence-electron chi connectivity index (χ4n) is 6.98. The Morgan fingerprint density at radius 1 is 0.689 bits per heavy atom. The van der Waals surface area contributed by atoms with Gasteiger partial charge in [-0.2, -0.15) is 0 Å². The highest BCUT2D eigenvalue weighted by molar-refractivity contribution is 5.34. The number of hydrogen-bond acceptors (Lipinski definition) is 3. The van der Waals surface area contributed by atoms with Crippen LogP contribution in [0.3, 0.4) is 0 Å². The molecular weight excluding hydrogens is 739 g/mol. The van der Waals surface area contributed by atoms with Crippen molar-refractivity contribution in [2.75, 3.05) is 0 Å². The van der Waals surface area contributed by atoms with Crippen LogP contribution >= 0.6 is 0 Å². The fraction of sp³-hybridized carbons (Fsp3) is 0.690. The van der Waals surface area contributed by atoms with E-state index in [9.17, 15) is 0 Å². The molecule has 0 saturated heterocycles. The molecule has 3 rings (SSSR count). The van der Waals surface area contributed by atoms with Crippen LogP contribution in [0.4, 0.5) is 0 Å². The zero-order valence-corrected chi connectivity index (χ0v) is 44.7. The third-order valence-corrected chi connectivity index (χ3v) is 11.6. The molecule has 0 heterocycles. The highest BCUT2D eigenvalue weighted by atomic mass is 15.1. The van der Waals surface area contributed by atoms with Gasteiger partial charge in [0, 0.05) is 11.7 Å². The molecule has 0 radical (unpaired) electrons. The molecule has 1 fully saturated rings. The summed E-state index contributed by atoms with van der Waals surface area (Å²) >= 11 is 0. The summed E-state index contributed by atoms with van der Waals surface area (Å²) in [5.41, 5.74) is 14.1. The quantitative estimate of drug-likeness (QED) is 0.0905. The second-order valence-electron chi connectivity index (χ2n) is 18.7. The van der Waals surface area contributed by atoms with E-state index in [4.69, 9.17) is 5.73 Å². The van der Waals surface area contributed by atoms with Gasteiger partial charge in [0.25, 0.3) is 0 Å². The average molecular weight is 849 g/mol. The summed E-state index contributed by atoms with van der Waals surface area (Å²) in [7, 11) is 0. The number of allylic oxidation sites excluding steroid dienone is 3. The second kappa shape index (κ2) is 38.7. The molecule has 4 unspecified atom stereocenters. The Balaban J connectivity index is -0.000000372. The Morgan fingerprint density at radius 3 is 1.46 bits per heavy atom. The SMILES string of the molecule is C=C(C)CC.C=C(CC)C[C@@H](C(C)C)C(C)CC.C=C(N)C(=C)C(C)CC1CC1.C=C(NC(CC)C(C)C)NC(C(=C)CC)C1Cc2ccccc2C1.CC.CC.CC(C)C. The van der Waals surface area contributed by atoms with E-state index in [0.29, 0.717) is 29.5 Å². The summed E-state index contributed by atoms with van der Waals surface area (Å²) in [6, 6.07) is 9.56. The molecule has 2 aliphatic carbocycles. The maximum Gasteiger partial charge on any atom is 0.0919 e. The first-order valence-corrected chi connectivity index (χ1v) is 25.0.